The van der Waals surface area contributed by atoms with E-state index < -0.39 is 5.41 Å². The lowest BCUT2D eigenvalue weighted by atomic mass is 9.72. The van der Waals surface area contributed by atoms with E-state index in [1.165, 1.54) is 17.7 Å². The Labute approximate surface area is 159 Å². The van der Waals surface area contributed by atoms with Crippen LogP contribution in [0.15, 0.2) is 29.8 Å². The van der Waals surface area contributed by atoms with E-state index in [2.05, 4.69) is 24.9 Å². The fraction of sp³-hybridized carbons (Fsp3) is 0.571. The fourth-order valence-corrected chi connectivity index (χ4v) is 6.05. The van der Waals surface area contributed by atoms with Gasteiger partial charge in [0, 0.05) is 24.6 Å². The van der Waals surface area contributed by atoms with Gasteiger partial charge in [0.05, 0.1) is 25.5 Å². The smallest absolute Gasteiger partial charge is 0.264 e. The maximum atomic E-state index is 13.7. The number of hydrogen-bond acceptors (Lipinski definition) is 5. The molecular formula is C21H26N2O4. The highest BCUT2D eigenvalue weighted by Crippen LogP contribution is 2.57. The van der Waals surface area contributed by atoms with Gasteiger partial charge in [0.15, 0.2) is 0 Å². The molecule has 5 atom stereocenters. The van der Waals surface area contributed by atoms with Gasteiger partial charge in [-0.15, -0.1) is 0 Å². The van der Waals surface area contributed by atoms with Crippen LogP contribution in [0.5, 0.6) is 5.75 Å². The second kappa shape index (κ2) is 5.80. The predicted octanol–water partition coefficient (Wildman–Crippen LogP) is 2.22. The summed E-state index contributed by atoms with van der Waals surface area (Å²) in [6.45, 7) is 3.76. The average molecular weight is 370 g/mol. The van der Waals surface area contributed by atoms with Crippen molar-refractivity contribution in [2.75, 3.05) is 32.4 Å². The van der Waals surface area contributed by atoms with Gasteiger partial charge in [0.2, 0.25) is 0 Å². The summed E-state index contributed by atoms with van der Waals surface area (Å²) in [4.78, 5) is 21.5. The molecule has 0 radical (unpaired) electrons. The molecule has 1 saturated carbocycles. The molecule has 1 aromatic carbocycles. The van der Waals surface area contributed by atoms with E-state index in [1.54, 1.807) is 12.1 Å². The number of hydrogen-bond donors (Lipinski definition) is 1. The minimum Gasteiger partial charge on any atom is -0.508 e. The summed E-state index contributed by atoms with van der Waals surface area (Å²) in [5.74, 6) is 0.945. The van der Waals surface area contributed by atoms with Gasteiger partial charge < -0.3 is 9.84 Å². The zero-order valence-electron chi connectivity index (χ0n) is 16.0. The third kappa shape index (κ3) is 2.09. The van der Waals surface area contributed by atoms with Crippen molar-refractivity contribution in [1.29, 1.82) is 0 Å². The van der Waals surface area contributed by atoms with Gasteiger partial charge in [-0.1, -0.05) is 17.7 Å². The number of piperidine rings is 1. The molecule has 144 valence electrons. The first-order valence-electron chi connectivity index (χ1n) is 9.70. The molecule has 4 bridgehead atoms. The molecule has 6 nitrogen and oxygen atoms in total. The normalized spacial score (nSPS) is 39.3. The average Bonchev–Trinajstić information content (AvgIpc) is 2.78. The van der Waals surface area contributed by atoms with Gasteiger partial charge in [-0.2, -0.15) is 5.06 Å². The number of phenols is 1. The number of likely N-dealkylation sites (N-methyl/N-ethyl adjacent to an activating group) is 1. The van der Waals surface area contributed by atoms with Crippen LogP contribution in [-0.4, -0.2) is 55.4 Å². The lowest BCUT2D eigenvalue weighted by Crippen LogP contribution is -2.50. The largest absolute Gasteiger partial charge is 0.508 e. The fourth-order valence-electron chi connectivity index (χ4n) is 6.05. The van der Waals surface area contributed by atoms with Crippen LogP contribution < -0.4 is 5.06 Å². The first kappa shape index (κ1) is 17.2. The number of aromatic hydroxyl groups is 1. The summed E-state index contributed by atoms with van der Waals surface area (Å²) >= 11 is 0. The van der Waals surface area contributed by atoms with Gasteiger partial charge >= 0.3 is 0 Å². The van der Waals surface area contributed by atoms with Crippen LogP contribution in [-0.2, 0) is 19.8 Å². The number of ether oxygens (including phenoxy) is 1. The van der Waals surface area contributed by atoms with Crippen molar-refractivity contribution in [2.45, 2.75) is 37.3 Å². The Morgan fingerprint density at radius 2 is 2.22 bits per heavy atom. The first-order valence-corrected chi connectivity index (χ1v) is 9.70. The van der Waals surface area contributed by atoms with Crippen molar-refractivity contribution < 1.29 is 19.5 Å². The number of benzene rings is 1. The van der Waals surface area contributed by atoms with E-state index in [-0.39, 0.29) is 23.8 Å². The molecule has 1 aromatic rings. The highest BCUT2D eigenvalue weighted by Gasteiger charge is 2.64. The minimum absolute atomic E-state index is 0.0702. The molecule has 4 heterocycles. The highest BCUT2D eigenvalue weighted by molar-refractivity contribution is 6.07. The number of nitrogens with zero attached hydrogens (tertiary/aromatic N) is 2. The van der Waals surface area contributed by atoms with Crippen LogP contribution in [0.4, 0.5) is 5.69 Å². The number of carbonyl (C=O) groups is 1. The van der Waals surface area contributed by atoms with E-state index in [1.807, 2.05) is 6.07 Å². The number of rotatable bonds is 1. The van der Waals surface area contributed by atoms with Crippen molar-refractivity contribution in [3.05, 3.63) is 35.4 Å². The third-order valence-electron chi connectivity index (χ3n) is 7.32. The molecule has 1 spiro atoms. The van der Waals surface area contributed by atoms with Crippen LogP contribution in [0.2, 0.25) is 0 Å². The molecule has 0 aromatic heterocycles. The third-order valence-corrected chi connectivity index (χ3v) is 7.32. The van der Waals surface area contributed by atoms with Crippen molar-refractivity contribution in [3.8, 4) is 5.75 Å². The molecule has 27 heavy (non-hydrogen) atoms. The number of phenolic OH excluding ortho intramolecular Hbond substituents is 1. The second-order valence-corrected chi connectivity index (χ2v) is 8.33. The zero-order valence-corrected chi connectivity index (χ0v) is 16.0. The van der Waals surface area contributed by atoms with Crippen LogP contribution in [0.3, 0.4) is 0 Å². The number of anilines is 1. The van der Waals surface area contributed by atoms with Crippen LogP contribution in [0.1, 0.15) is 25.3 Å². The molecule has 4 aliphatic heterocycles. The molecule has 4 fully saturated rings. The number of allylic oxidation sites excluding steroid dienone is 1. The quantitative estimate of drug-likeness (QED) is 0.768. The van der Waals surface area contributed by atoms with Gasteiger partial charge in [-0.3, -0.25) is 14.5 Å². The SMILES string of the molecule is C/C=C1\CN(C)C2CC3(C(=O)N(OC)c4cc(O)ccc43)C3CC1C2CO3. The Kier molecular flexibility index (Phi) is 3.70. The van der Waals surface area contributed by atoms with Gasteiger partial charge in [0.1, 0.15) is 11.2 Å². The van der Waals surface area contributed by atoms with Crippen molar-refractivity contribution in [1.82, 2.24) is 4.90 Å². The Balaban J connectivity index is 1.70. The maximum absolute atomic E-state index is 13.7. The minimum atomic E-state index is -0.759. The summed E-state index contributed by atoms with van der Waals surface area (Å²) in [5.41, 5.74) is 2.26. The monoisotopic (exact) mass is 370 g/mol. The summed E-state index contributed by atoms with van der Waals surface area (Å²) in [6, 6.07) is 5.45. The highest BCUT2D eigenvalue weighted by atomic mass is 16.7. The maximum Gasteiger partial charge on any atom is 0.264 e. The molecule has 1 amide bonds. The van der Waals surface area contributed by atoms with Crippen molar-refractivity contribution in [2.24, 2.45) is 11.8 Å². The molecule has 5 unspecified atom stereocenters. The summed E-state index contributed by atoms with van der Waals surface area (Å²) in [6.07, 6.45) is 3.65. The molecule has 6 rings (SSSR count). The Bertz CT molecular complexity index is 837. The summed E-state index contributed by atoms with van der Waals surface area (Å²) in [5, 5.41) is 11.3. The Morgan fingerprint density at radius 3 is 2.96 bits per heavy atom. The molecule has 1 N–H and O–H groups in total. The summed E-state index contributed by atoms with van der Waals surface area (Å²) < 4.78 is 6.35. The van der Waals surface area contributed by atoms with Gasteiger partial charge in [-0.05, 0) is 44.4 Å². The Hall–Kier alpha value is -1.89. The van der Waals surface area contributed by atoms with Crippen LogP contribution >= 0.6 is 0 Å². The number of carbonyl (C=O) groups excluding carboxylic acids is 1. The molecule has 3 saturated heterocycles. The van der Waals surface area contributed by atoms with E-state index in [0.717, 1.165) is 24.9 Å². The summed E-state index contributed by atoms with van der Waals surface area (Å²) in [7, 11) is 3.66. The second-order valence-electron chi connectivity index (χ2n) is 8.33. The number of amides is 1. The lowest BCUT2D eigenvalue weighted by Gasteiger charge is -2.46. The van der Waals surface area contributed by atoms with Crippen LogP contribution in [0.25, 0.3) is 0 Å². The van der Waals surface area contributed by atoms with E-state index >= 15 is 0 Å². The van der Waals surface area contributed by atoms with E-state index in [0.29, 0.717) is 24.1 Å². The first-order chi connectivity index (χ1) is 13.0. The van der Waals surface area contributed by atoms with Gasteiger partial charge in [0.25, 0.3) is 5.91 Å². The number of fused-ring (bicyclic) bond motifs is 2. The lowest BCUT2D eigenvalue weighted by molar-refractivity contribution is -0.137. The molecule has 1 aliphatic carbocycles. The predicted molar refractivity (Wildman–Crippen MR) is 100 cm³/mol. The van der Waals surface area contributed by atoms with Crippen molar-refractivity contribution in [3.63, 3.8) is 0 Å². The van der Waals surface area contributed by atoms with E-state index in [4.69, 9.17) is 9.57 Å². The molecule has 5 aliphatic rings. The zero-order chi connectivity index (χ0) is 18.9. The number of likely N-dealkylation sites (tertiary alicyclic amines) is 1. The number of hydroxylamine groups is 1. The van der Waals surface area contributed by atoms with Crippen molar-refractivity contribution >= 4 is 11.6 Å². The Morgan fingerprint density at radius 1 is 1.41 bits per heavy atom. The molecule has 6 heteroatoms. The van der Waals surface area contributed by atoms with Crippen LogP contribution in [0, 0.1) is 11.8 Å². The van der Waals surface area contributed by atoms with E-state index in [9.17, 15) is 9.90 Å². The standard InChI is InChI=1S/C21H26N2O4/c1-4-12-10-22(2)18-9-21(19-8-14(12)15(18)11-27-19)16-6-5-13(24)7-17(16)23(26-3)20(21)25/h4-7,14-15,18-19,24H,8-11H2,1-3H3/b12-4+. The topological polar surface area (TPSA) is 62.2 Å². The molecular weight excluding hydrogens is 344 g/mol. The van der Waals surface area contributed by atoms with Gasteiger partial charge in [-0.25, -0.2) is 0 Å².